The van der Waals surface area contributed by atoms with E-state index >= 15 is 0 Å². The van der Waals surface area contributed by atoms with E-state index in [1.54, 1.807) is 18.7 Å². The van der Waals surface area contributed by atoms with Crippen LogP contribution in [0.25, 0.3) is 0 Å². The third-order valence-electron chi connectivity index (χ3n) is 1.25. The van der Waals surface area contributed by atoms with Gasteiger partial charge in [0.25, 0.3) is 0 Å². The first-order valence-electron chi connectivity index (χ1n) is 4.14. The Kier molecular flexibility index (Phi) is 11.6. The number of rotatable bonds is 5. The third kappa shape index (κ3) is 13.8. The lowest BCUT2D eigenvalue weighted by atomic mass is 10.2. The van der Waals surface area contributed by atoms with Crippen molar-refractivity contribution in [3.63, 3.8) is 0 Å². The normalized spacial score (nSPS) is 11.1. The smallest absolute Gasteiger partial charge is 0.320 e. The number of carboxylic acid groups (broad SMARTS) is 2. The van der Waals surface area contributed by atoms with E-state index in [2.05, 4.69) is 0 Å². The topological polar surface area (TPSA) is 101 Å². The van der Waals surface area contributed by atoms with Crippen LogP contribution in [-0.4, -0.2) is 40.2 Å². The van der Waals surface area contributed by atoms with Gasteiger partial charge in [0.15, 0.2) is 0 Å². The zero-order chi connectivity index (χ0) is 11.6. The monoisotopic (exact) mass is 223 g/mol. The SMILES string of the molecule is CCC(=O)O.CSCC[C@H](N)C(=O)O. The molecule has 6 heteroatoms. The molecule has 0 aliphatic rings. The van der Waals surface area contributed by atoms with Crippen molar-refractivity contribution in [1.29, 1.82) is 0 Å². The van der Waals surface area contributed by atoms with E-state index in [9.17, 15) is 9.59 Å². The Morgan fingerprint density at radius 2 is 1.86 bits per heavy atom. The number of carboxylic acids is 2. The second-order valence-electron chi connectivity index (χ2n) is 2.47. The third-order valence-corrected chi connectivity index (χ3v) is 1.90. The Labute approximate surface area is 87.7 Å². The van der Waals surface area contributed by atoms with Crippen LogP contribution < -0.4 is 5.73 Å². The fraction of sp³-hybridized carbons (Fsp3) is 0.750. The molecule has 4 N–H and O–H groups in total. The van der Waals surface area contributed by atoms with Gasteiger partial charge >= 0.3 is 11.9 Å². The van der Waals surface area contributed by atoms with E-state index < -0.39 is 18.0 Å². The molecular weight excluding hydrogens is 206 g/mol. The quantitative estimate of drug-likeness (QED) is 0.632. The summed E-state index contributed by atoms with van der Waals surface area (Å²) in [6, 6.07) is -0.683. The minimum atomic E-state index is -0.913. The van der Waals surface area contributed by atoms with E-state index in [1.165, 1.54) is 0 Å². The number of hydrogen-bond acceptors (Lipinski definition) is 4. The second kappa shape index (κ2) is 10.3. The van der Waals surface area contributed by atoms with Crippen LogP contribution in [0.15, 0.2) is 0 Å². The number of hydrogen-bond donors (Lipinski definition) is 3. The minimum absolute atomic E-state index is 0.222. The zero-order valence-corrected chi connectivity index (χ0v) is 9.21. The van der Waals surface area contributed by atoms with Crippen LogP contribution in [0.3, 0.4) is 0 Å². The van der Waals surface area contributed by atoms with Crippen molar-refractivity contribution in [2.75, 3.05) is 12.0 Å². The van der Waals surface area contributed by atoms with Crippen molar-refractivity contribution in [1.82, 2.24) is 0 Å². The Balaban J connectivity index is 0. The van der Waals surface area contributed by atoms with E-state index in [1.807, 2.05) is 6.26 Å². The summed E-state index contributed by atoms with van der Waals surface area (Å²) in [5.74, 6) is -0.845. The van der Waals surface area contributed by atoms with E-state index in [0.29, 0.717) is 6.42 Å². The van der Waals surface area contributed by atoms with Crippen LogP contribution in [0.4, 0.5) is 0 Å². The maximum atomic E-state index is 10.1. The van der Waals surface area contributed by atoms with Gasteiger partial charge in [-0.1, -0.05) is 6.92 Å². The molecule has 0 saturated heterocycles. The van der Waals surface area contributed by atoms with Gasteiger partial charge in [0.05, 0.1) is 0 Å². The van der Waals surface area contributed by atoms with Crippen LogP contribution in [-0.2, 0) is 9.59 Å². The van der Waals surface area contributed by atoms with Crippen LogP contribution in [0.2, 0.25) is 0 Å². The molecule has 84 valence electrons. The molecule has 0 spiro atoms. The van der Waals surface area contributed by atoms with Gasteiger partial charge in [-0.2, -0.15) is 11.8 Å². The van der Waals surface area contributed by atoms with Crippen molar-refractivity contribution >= 4 is 23.7 Å². The van der Waals surface area contributed by atoms with Gasteiger partial charge in [0.2, 0.25) is 0 Å². The molecule has 0 rings (SSSR count). The molecular formula is C8H17NO4S. The molecule has 0 aliphatic carbocycles. The molecule has 0 aromatic carbocycles. The lowest BCUT2D eigenvalue weighted by Gasteiger charge is -2.02. The minimum Gasteiger partial charge on any atom is -0.481 e. The summed E-state index contributed by atoms with van der Waals surface area (Å²) in [5.41, 5.74) is 5.19. The first-order valence-corrected chi connectivity index (χ1v) is 5.54. The van der Waals surface area contributed by atoms with Gasteiger partial charge in [-0.15, -0.1) is 0 Å². The molecule has 0 saturated carbocycles. The van der Waals surface area contributed by atoms with Gasteiger partial charge in [-0.05, 0) is 18.4 Å². The molecule has 5 nitrogen and oxygen atoms in total. The molecule has 0 amide bonds. The summed E-state index contributed by atoms with van der Waals surface area (Å²) >= 11 is 1.60. The standard InChI is InChI=1S/C5H11NO2S.C3H6O2/c1-9-3-2-4(6)5(7)8;1-2-3(4)5/h4H,2-3,6H2,1H3,(H,7,8);2H2,1H3,(H,4,5)/t4-;/m0./s1. The fourth-order valence-electron chi connectivity index (χ4n) is 0.368. The predicted octanol–water partition coefficient (Wildman–Crippen LogP) is 0.632. The van der Waals surface area contributed by atoms with Crippen LogP contribution in [0.5, 0.6) is 0 Å². The van der Waals surface area contributed by atoms with Crippen molar-refractivity contribution < 1.29 is 19.8 Å². The molecule has 14 heavy (non-hydrogen) atoms. The number of thioether (sulfide) groups is 1. The van der Waals surface area contributed by atoms with Gasteiger partial charge in [0, 0.05) is 6.42 Å². The summed E-state index contributed by atoms with van der Waals surface area (Å²) in [6.07, 6.45) is 2.70. The summed E-state index contributed by atoms with van der Waals surface area (Å²) in [7, 11) is 0. The molecule has 0 radical (unpaired) electrons. The van der Waals surface area contributed by atoms with Crippen molar-refractivity contribution in [2.45, 2.75) is 25.8 Å². The second-order valence-corrected chi connectivity index (χ2v) is 3.46. The fourth-order valence-corrected chi connectivity index (χ4v) is 0.858. The highest BCUT2D eigenvalue weighted by molar-refractivity contribution is 7.98. The highest BCUT2D eigenvalue weighted by Gasteiger charge is 2.08. The Bertz CT molecular complexity index is 175. The molecule has 0 aliphatic heterocycles. The molecule has 0 fully saturated rings. The first-order chi connectivity index (χ1) is 6.45. The molecule has 1 atom stereocenters. The maximum Gasteiger partial charge on any atom is 0.320 e. The Morgan fingerprint density at radius 3 is 2.07 bits per heavy atom. The lowest BCUT2D eigenvalue weighted by Crippen LogP contribution is -2.30. The largest absolute Gasteiger partial charge is 0.481 e. The maximum absolute atomic E-state index is 10.1. The van der Waals surface area contributed by atoms with Crippen molar-refractivity contribution in [3.8, 4) is 0 Å². The van der Waals surface area contributed by atoms with E-state index in [0.717, 1.165) is 5.75 Å². The summed E-state index contributed by atoms with van der Waals surface area (Å²) in [5, 5.41) is 16.0. The van der Waals surface area contributed by atoms with E-state index in [4.69, 9.17) is 15.9 Å². The summed E-state index contributed by atoms with van der Waals surface area (Å²) in [4.78, 5) is 19.4. The molecule has 0 bridgehead atoms. The molecule has 0 aromatic rings. The van der Waals surface area contributed by atoms with Crippen molar-refractivity contribution in [2.24, 2.45) is 5.73 Å². The van der Waals surface area contributed by atoms with Crippen LogP contribution in [0, 0.1) is 0 Å². The lowest BCUT2D eigenvalue weighted by molar-refractivity contribution is -0.138. The highest BCUT2D eigenvalue weighted by atomic mass is 32.2. The number of carbonyl (C=O) groups is 2. The van der Waals surface area contributed by atoms with Gasteiger partial charge in [-0.3, -0.25) is 9.59 Å². The van der Waals surface area contributed by atoms with E-state index in [-0.39, 0.29) is 6.42 Å². The summed E-state index contributed by atoms with van der Waals surface area (Å²) < 4.78 is 0. The molecule has 0 heterocycles. The average molecular weight is 223 g/mol. The van der Waals surface area contributed by atoms with Crippen LogP contribution in [0.1, 0.15) is 19.8 Å². The highest BCUT2D eigenvalue weighted by Crippen LogP contribution is 1.97. The Hall–Kier alpha value is -0.750. The van der Waals surface area contributed by atoms with Gasteiger partial charge in [0.1, 0.15) is 6.04 Å². The number of nitrogens with two attached hydrogens (primary N) is 1. The van der Waals surface area contributed by atoms with Crippen molar-refractivity contribution in [3.05, 3.63) is 0 Å². The zero-order valence-electron chi connectivity index (χ0n) is 8.40. The first kappa shape index (κ1) is 15.7. The molecule has 0 unspecified atom stereocenters. The predicted molar refractivity (Wildman–Crippen MR) is 56.5 cm³/mol. The van der Waals surface area contributed by atoms with Gasteiger partial charge < -0.3 is 15.9 Å². The summed E-state index contributed by atoms with van der Waals surface area (Å²) in [6.45, 7) is 1.60. The average Bonchev–Trinajstić information content (AvgIpc) is 2.14. The van der Waals surface area contributed by atoms with Crippen LogP contribution >= 0.6 is 11.8 Å². The number of aliphatic carboxylic acids is 2. The Morgan fingerprint density at radius 1 is 1.43 bits per heavy atom. The molecule has 0 aromatic heterocycles. The van der Waals surface area contributed by atoms with Gasteiger partial charge in [-0.25, -0.2) is 0 Å².